The maximum absolute atomic E-state index is 11.3. The van der Waals surface area contributed by atoms with Crippen LogP contribution in [0.25, 0.3) is 133 Å². The zero-order valence-electron chi connectivity index (χ0n) is 66.6. The summed E-state index contributed by atoms with van der Waals surface area (Å²) >= 11 is 0. The van der Waals surface area contributed by atoms with Gasteiger partial charge in [-0.1, -0.05) is 0 Å². The van der Waals surface area contributed by atoms with Gasteiger partial charge in [-0.25, -0.2) is 29.9 Å². The van der Waals surface area contributed by atoms with Crippen molar-refractivity contribution in [3.63, 3.8) is 0 Å². The zero-order chi connectivity index (χ0) is 81.4. The molecule has 9 aromatic heterocycles. The van der Waals surface area contributed by atoms with E-state index in [0.717, 1.165) is 201 Å². The van der Waals surface area contributed by atoms with Crippen LogP contribution in [-0.2, 0) is 28.8 Å². The van der Waals surface area contributed by atoms with Crippen molar-refractivity contribution in [2.45, 2.75) is 160 Å². The topological polar surface area (TPSA) is 413 Å². The molecule has 24 nitrogen and oxygen atoms in total. The normalized spacial score (nSPS) is 13.1. The SMILES string of the molecule is CC1=C(CCC(=O)[O-])c2cc3nc(cc4[nH]c(cc4C)cc4[nH]c(cc1n2)cc4C)C(C)=C3CCC(=O)[O-].CC1=C(CCC(=O)[O-])c2cc3nc(cc4[nH]c(cc4C)cc4[nH]c(cc1n2)cc4C)C(C)=C3CCC(=O)[O-].CC1=C(CCC(=O)[O-])c2cc3nc(cc4[nH]c(cc4C)cc4[nH]c(cc1n2)cc4C)C(C)=C3CCC(=O)[O-].[In+3].[In+3]. The average molecular weight is 1760 g/mol. The minimum Gasteiger partial charge on any atom is -0.550 e. The Hall–Kier alpha value is -11.6. The Kier molecular flexibility index (Phi) is 26.2. The second kappa shape index (κ2) is 35.6. The van der Waals surface area contributed by atoms with Gasteiger partial charge < -0.3 is 89.3 Å². The fourth-order valence-electron chi connectivity index (χ4n) is 15.3. The fourth-order valence-corrected chi connectivity index (χ4v) is 15.3. The quantitative estimate of drug-likeness (QED) is 0.0465. The summed E-state index contributed by atoms with van der Waals surface area (Å²) in [4.78, 5) is 118. The molecule has 0 saturated heterocycles. The Morgan fingerprint density at radius 1 is 0.216 bits per heavy atom. The Morgan fingerprint density at radius 2 is 0.362 bits per heavy atom. The Morgan fingerprint density at radius 3 is 0.526 bits per heavy atom. The fraction of sp³-hybridized carbons (Fsp3) is 0.267. The summed E-state index contributed by atoms with van der Waals surface area (Å²) in [6, 6.07) is 35.8. The number of hydrogen-bond acceptors (Lipinski definition) is 18. The third-order valence-electron chi connectivity index (χ3n) is 21.7. The van der Waals surface area contributed by atoms with Gasteiger partial charge >= 0.3 is 51.7 Å². The van der Waals surface area contributed by atoms with Gasteiger partial charge in [-0.2, -0.15) is 0 Å². The summed E-state index contributed by atoms with van der Waals surface area (Å²) in [5.41, 5.74) is 35.8. The Bertz CT molecular complexity index is 5780. The van der Waals surface area contributed by atoms with Gasteiger partial charge in [0, 0.05) is 102 Å². The van der Waals surface area contributed by atoms with Crippen molar-refractivity contribution in [3.05, 3.63) is 211 Å². The first-order chi connectivity index (χ1) is 54.3. The summed E-state index contributed by atoms with van der Waals surface area (Å²) in [5, 5.41) is 67.8. The number of carboxylic acids is 6. The number of carbonyl (C=O) groups excluding carboxylic acids is 6. The number of hydrogen-bond donors (Lipinski definition) is 6. The van der Waals surface area contributed by atoms with Crippen LogP contribution >= 0.6 is 0 Å². The van der Waals surface area contributed by atoms with Gasteiger partial charge in [0.1, 0.15) is 0 Å². The van der Waals surface area contributed by atoms with E-state index in [-0.39, 0.29) is 129 Å². The van der Waals surface area contributed by atoms with Crippen molar-refractivity contribution in [3.8, 4) is 0 Å². The largest absolute Gasteiger partial charge is 3.00 e. The van der Waals surface area contributed by atoms with Crippen molar-refractivity contribution in [2.75, 3.05) is 0 Å². The molecular formula is C90H84In2N12O12. The molecule has 15 heterocycles. The summed E-state index contributed by atoms with van der Waals surface area (Å²) in [6.07, 6.45) is 0.789. The number of carboxylic acid groups (broad SMARTS) is 6. The third kappa shape index (κ3) is 19.1. The van der Waals surface area contributed by atoms with E-state index in [2.05, 4.69) is 84.5 Å². The smallest absolute Gasteiger partial charge is 0.550 e. The molecule has 0 fully saturated rings. The molecule has 582 valence electrons. The average Bonchev–Trinajstić information content (AvgIpc) is 1.64. The molecule has 6 aliphatic heterocycles. The molecule has 0 atom stereocenters. The number of aromatic amines is 6. The maximum Gasteiger partial charge on any atom is 3.00 e. The molecule has 0 aromatic carbocycles. The number of rotatable bonds is 18. The van der Waals surface area contributed by atoms with Gasteiger partial charge in [0.25, 0.3) is 0 Å². The number of allylic oxidation sites excluding steroid dienone is 12. The van der Waals surface area contributed by atoms with Crippen molar-refractivity contribution >= 4 is 221 Å². The second-order valence-corrected chi connectivity index (χ2v) is 29.8. The molecule has 0 spiro atoms. The van der Waals surface area contributed by atoms with Gasteiger partial charge in [-0.3, -0.25) is 0 Å². The second-order valence-electron chi connectivity index (χ2n) is 29.8. The molecule has 26 heteroatoms. The predicted molar refractivity (Wildman–Crippen MR) is 443 cm³/mol. The van der Waals surface area contributed by atoms with Crippen molar-refractivity contribution in [2.24, 2.45) is 0 Å². The molecule has 24 bridgehead atoms. The summed E-state index contributed by atoms with van der Waals surface area (Å²) in [7, 11) is 0. The van der Waals surface area contributed by atoms with Crippen LogP contribution in [0, 0.1) is 41.5 Å². The molecule has 0 aliphatic carbocycles. The number of carbonyl (C=O) groups is 6. The van der Waals surface area contributed by atoms with Crippen LogP contribution in [-0.4, -0.2) is 147 Å². The van der Waals surface area contributed by atoms with Crippen LogP contribution < -0.4 is 30.6 Å². The molecule has 15 rings (SSSR count). The maximum atomic E-state index is 11.3. The van der Waals surface area contributed by atoms with Crippen LogP contribution in [0.1, 0.15) is 220 Å². The van der Waals surface area contributed by atoms with E-state index in [1.807, 2.05) is 138 Å². The Balaban J connectivity index is 0.000000170. The molecule has 0 saturated carbocycles. The monoisotopic (exact) mass is 1750 g/mol. The van der Waals surface area contributed by atoms with Crippen LogP contribution in [0.4, 0.5) is 0 Å². The predicted octanol–water partition coefficient (Wildman–Crippen LogP) is 10.8. The molecule has 9 aromatic rings. The molecule has 0 unspecified atom stereocenters. The van der Waals surface area contributed by atoms with E-state index in [1.54, 1.807) is 0 Å². The first-order valence-corrected chi connectivity index (χ1v) is 37.8. The van der Waals surface area contributed by atoms with Gasteiger partial charge in [-0.05, 0) is 370 Å². The number of H-pyrrole nitrogens is 6. The number of fused-ring (bicyclic) bond motifs is 24. The standard InChI is InChI=1S/3C30H30N4O4.2In/c3*1-15-9-20-12-25-17(3)21(5-7-29(35)36)27(33-25)14-28-22(6-8-30(37)38)18(4)26(34-28)13-24-16(2)10-19(32-24)11-23(15)31-20;;/h3*9-14,31-32H,5-8H2,1-4H3,(H,35,36)(H,37,38);;/q;;;2*+3/p-6. The summed E-state index contributed by atoms with van der Waals surface area (Å²) in [6.45, 7) is 23.8. The molecule has 6 aliphatic rings. The van der Waals surface area contributed by atoms with E-state index >= 15 is 0 Å². The molecule has 6 N–H and O–H groups in total. The molecule has 0 radical (unpaired) electrons. The number of aromatic nitrogens is 12. The first-order valence-electron chi connectivity index (χ1n) is 37.8. The first kappa shape index (κ1) is 85.2. The molecule has 0 amide bonds. The van der Waals surface area contributed by atoms with Gasteiger partial charge in [-0.15, -0.1) is 0 Å². The van der Waals surface area contributed by atoms with E-state index < -0.39 is 35.8 Å². The van der Waals surface area contributed by atoms with Crippen LogP contribution in [0.3, 0.4) is 0 Å². The van der Waals surface area contributed by atoms with Crippen molar-refractivity contribution < 1.29 is 59.4 Å². The van der Waals surface area contributed by atoms with Crippen molar-refractivity contribution in [1.82, 2.24) is 59.8 Å². The molecular weight excluding hydrogens is 1670 g/mol. The third-order valence-corrected chi connectivity index (χ3v) is 21.7. The van der Waals surface area contributed by atoms with E-state index in [9.17, 15) is 59.4 Å². The summed E-state index contributed by atoms with van der Waals surface area (Å²) < 4.78 is 0. The van der Waals surface area contributed by atoms with Gasteiger partial charge in [0.05, 0.1) is 68.3 Å². The molecule has 116 heavy (non-hydrogen) atoms. The minimum atomic E-state index is -1.13. The Labute approximate surface area is 705 Å². The van der Waals surface area contributed by atoms with Crippen LogP contribution in [0.5, 0.6) is 0 Å². The number of aliphatic carboxylic acids is 6. The van der Waals surface area contributed by atoms with E-state index in [4.69, 9.17) is 29.9 Å². The summed E-state index contributed by atoms with van der Waals surface area (Å²) in [5.74, 6) is -6.78. The number of aryl methyl sites for hydroxylation is 6. The van der Waals surface area contributed by atoms with Crippen LogP contribution in [0.15, 0.2) is 109 Å². The van der Waals surface area contributed by atoms with Gasteiger partial charge in [0.15, 0.2) is 0 Å². The zero-order valence-corrected chi connectivity index (χ0v) is 73.2. The van der Waals surface area contributed by atoms with Crippen LogP contribution in [0.2, 0.25) is 0 Å². The number of nitrogens with one attached hydrogen (secondary N) is 6. The van der Waals surface area contributed by atoms with E-state index in [0.29, 0.717) is 34.2 Å². The van der Waals surface area contributed by atoms with E-state index in [1.165, 1.54) is 0 Å². The minimum absolute atomic E-state index is 0. The number of nitrogens with zero attached hydrogens (tertiary/aromatic N) is 6. The van der Waals surface area contributed by atoms with Gasteiger partial charge in [0.2, 0.25) is 0 Å². The van der Waals surface area contributed by atoms with Crippen molar-refractivity contribution in [1.29, 1.82) is 0 Å².